The first-order chi connectivity index (χ1) is 7.81. The van der Waals surface area contributed by atoms with Gasteiger partial charge in [-0.3, -0.25) is 0 Å². The molecular formula is C13H23N3. The fourth-order valence-corrected chi connectivity index (χ4v) is 2.72. The third-order valence-corrected chi connectivity index (χ3v) is 3.62. The van der Waals surface area contributed by atoms with Gasteiger partial charge in [0.1, 0.15) is 5.82 Å². The van der Waals surface area contributed by atoms with Gasteiger partial charge in [0, 0.05) is 37.7 Å². The second-order valence-electron chi connectivity index (χ2n) is 4.54. The van der Waals surface area contributed by atoms with Gasteiger partial charge in [0.05, 0.1) is 5.69 Å². The maximum atomic E-state index is 4.79. The number of nitrogens with one attached hydrogen (secondary N) is 1. The minimum absolute atomic E-state index is 0.643. The highest BCUT2D eigenvalue weighted by Gasteiger charge is 2.22. The number of nitrogens with zero attached hydrogens (tertiary/aromatic N) is 2. The summed E-state index contributed by atoms with van der Waals surface area (Å²) in [6.45, 7) is 8.82. The number of aromatic nitrogens is 2. The first kappa shape index (κ1) is 11.6. The molecule has 0 aromatic carbocycles. The van der Waals surface area contributed by atoms with Crippen molar-refractivity contribution in [3.8, 4) is 0 Å². The lowest BCUT2D eigenvalue weighted by molar-refractivity contribution is 0.437. The predicted molar refractivity (Wildman–Crippen MR) is 66.6 cm³/mol. The molecule has 90 valence electrons. The maximum Gasteiger partial charge on any atom is 0.109 e. The number of rotatable bonds is 4. The van der Waals surface area contributed by atoms with E-state index in [1.54, 1.807) is 0 Å². The molecule has 1 aromatic heterocycles. The van der Waals surface area contributed by atoms with E-state index in [-0.39, 0.29) is 0 Å². The zero-order chi connectivity index (χ0) is 11.5. The molecule has 0 spiro atoms. The van der Waals surface area contributed by atoms with Gasteiger partial charge in [-0.2, -0.15) is 0 Å². The summed E-state index contributed by atoms with van der Waals surface area (Å²) in [5.74, 6) is 1.28. The molecular weight excluding hydrogens is 198 g/mol. The summed E-state index contributed by atoms with van der Waals surface area (Å²) in [7, 11) is 0. The van der Waals surface area contributed by atoms with Gasteiger partial charge in [-0.25, -0.2) is 4.98 Å². The van der Waals surface area contributed by atoms with Gasteiger partial charge < -0.3 is 9.88 Å². The molecule has 0 atom stereocenters. The molecule has 3 nitrogen and oxygen atoms in total. The van der Waals surface area contributed by atoms with Crippen molar-refractivity contribution < 1.29 is 0 Å². The monoisotopic (exact) mass is 221 g/mol. The first-order valence-electron chi connectivity index (χ1n) is 6.61. The quantitative estimate of drug-likeness (QED) is 0.846. The van der Waals surface area contributed by atoms with Crippen molar-refractivity contribution in [2.45, 2.75) is 59.0 Å². The van der Waals surface area contributed by atoms with Crippen LogP contribution in [0.5, 0.6) is 0 Å². The third-order valence-electron chi connectivity index (χ3n) is 3.62. The smallest absolute Gasteiger partial charge is 0.109 e. The molecule has 2 heterocycles. The van der Waals surface area contributed by atoms with Crippen molar-refractivity contribution in [3.63, 3.8) is 0 Å². The Labute approximate surface area is 98.3 Å². The van der Waals surface area contributed by atoms with Crippen molar-refractivity contribution in [1.82, 2.24) is 14.9 Å². The summed E-state index contributed by atoms with van der Waals surface area (Å²) in [5.41, 5.74) is 2.78. The molecule has 2 rings (SSSR count). The standard InChI is InChI=1S/C13H23N3/c1-4-10(5-2)16-12-7-8-14-9-11(12)15-13(16)6-3/h10,14H,4-9H2,1-3H3. The van der Waals surface area contributed by atoms with E-state index in [9.17, 15) is 0 Å². The van der Waals surface area contributed by atoms with E-state index >= 15 is 0 Å². The van der Waals surface area contributed by atoms with Gasteiger partial charge in [-0.1, -0.05) is 20.8 Å². The normalized spacial score (nSPS) is 15.5. The molecule has 1 aliphatic rings. The van der Waals surface area contributed by atoms with Crippen LogP contribution in [-0.4, -0.2) is 16.1 Å². The van der Waals surface area contributed by atoms with Crippen molar-refractivity contribution in [1.29, 1.82) is 0 Å². The number of aryl methyl sites for hydroxylation is 1. The average molecular weight is 221 g/mol. The largest absolute Gasteiger partial charge is 0.329 e. The second kappa shape index (κ2) is 5.00. The van der Waals surface area contributed by atoms with Crippen LogP contribution in [0.2, 0.25) is 0 Å². The van der Waals surface area contributed by atoms with E-state index in [1.807, 2.05) is 0 Å². The van der Waals surface area contributed by atoms with Crippen LogP contribution in [0.15, 0.2) is 0 Å². The summed E-state index contributed by atoms with van der Waals surface area (Å²) in [6.07, 6.45) is 4.60. The number of imidazole rings is 1. The van der Waals surface area contributed by atoms with E-state index in [0.29, 0.717) is 6.04 Å². The zero-order valence-corrected chi connectivity index (χ0v) is 10.7. The second-order valence-corrected chi connectivity index (χ2v) is 4.54. The summed E-state index contributed by atoms with van der Waals surface area (Å²) in [6, 6.07) is 0.643. The summed E-state index contributed by atoms with van der Waals surface area (Å²) < 4.78 is 2.52. The van der Waals surface area contributed by atoms with Crippen LogP contribution in [0, 0.1) is 0 Å². The molecule has 0 saturated carbocycles. The highest BCUT2D eigenvalue weighted by atomic mass is 15.1. The minimum Gasteiger partial charge on any atom is -0.329 e. The topological polar surface area (TPSA) is 29.9 Å². The Bertz CT molecular complexity index is 350. The van der Waals surface area contributed by atoms with Crippen molar-refractivity contribution in [3.05, 3.63) is 17.2 Å². The third kappa shape index (κ3) is 1.88. The van der Waals surface area contributed by atoms with Gasteiger partial charge in [-0.15, -0.1) is 0 Å². The molecule has 0 unspecified atom stereocenters. The number of fused-ring (bicyclic) bond motifs is 1. The summed E-state index contributed by atoms with van der Waals surface area (Å²) in [5, 5.41) is 3.40. The predicted octanol–water partition coefficient (Wildman–Crippen LogP) is 2.45. The Hall–Kier alpha value is -0.830. The molecule has 0 radical (unpaired) electrons. The van der Waals surface area contributed by atoms with Gasteiger partial charge in [-0.05, 0) is 12.8 Å². The lowest BCUT2D eigenvalue weighted by Gasteiger charge is -2.22. The van der Waals surface area contributed by atoms with E-state index < -0.39 is 0 Å². The molecule has 0 aliphatic carbocycles. The van der Waals surface area contributed by atoms with E-state index in [0.717, 1.165) is 25.9 Å². The fourth-order valence-electron chi connectivity index (χ4n) is 2.72. The van der Waals surface area contributed by atoms with Crippen LogP contribution in [0.25, 0.3) is 0 Å². The highest BCUT2D eigenvalue weighted by Crippen LogP contribution is 2.25. The lowest BCUT2D eigenvalue weighted by Crippen LogP contribution is -2.26. The van der Waals surface area contributed by atoms with E-state index in [4.69, 9.17) is 4.98 Å². The van der Waals surface area contributed by atoms with Crippen LogP contribution in [-0.2, 0) is 19.4 Å². The summed E-state index contributed by atoms with van der Waals surface area (Å²) in [4.78, 5) is 4.79. The van der Waals surface area contributed by atoms with Gasteiger partial charge in [0.25, 0.3) is 0 Å². The average Bonchev–Trinajstić information content (AvgIpc) is 2.70. The molecule has 0 amide bonds. The maximum absolute atomic E-state index is 4.79. The Morgan fingerprint density at radius 3 is 2.69 bits per heavy atom. The van der Waals surface area contributed by atoms with Crippen molar-refractivity contribution in [2.24, 2.45) is 0 Å². The minimum atomic E-state index is 0.643. The van der Waals surface area contributed by atoms with Crippen LogP contribution < -0.4 is 5.32 Å². The van der Waals surface area contributed by atoms with E-state index in [2.05, 4.69) is 30.7 Å². The molecule has 3 heteroatoms. The Kier molecular flexibility index (Phi) is 3.64. The van der Waals surface area contributed by atoms with Crippen LogP contribution in [0.1, 0.15) is 56.9 Å². The molecule has 1 aromatic rings. The van der Waals surface area contributed by atoms with Crippen LogP contribution in [0.4, 0.5) is 0 Å². The molecule has 0 bridgehead atoms. The summed E-state index contributed by atoms with van der Waals surface area (Å²) >= 11 is 0. The van der Waals surface area contributed by atoms with Crippen molar-refractivity contribution in [2.75, 3.05) is 6.54 Å². The Morgan fingerprint density at radius 1 is 1.31 bits per heavy atom. The van der Waals surface area contributed by atoms with Gasteiger partial charge in [0.2, 0.25) is 0 Å². The molecule has 1 N–H and O–H groups in total. The fraction of sp³-hybridized carbons (Fsp3) is 0.769. The molecule has 0 saturated heterocycles. The van der Waals surface area contributed by atoms with Crippen LogP contribution >= 0.6 is 0 Å². The zero-order valence-electron chi connectivity index (χ0n) is 10.7. The Morgan fingerprint density at radius 2 is 2.06 bits per heavy atom. The van der Waals surface area contributed by atoms with Gasteiger partial charge >= 0.3 is 0 Å². The molecule has 1 aliphatic heterocycles. The Balaban J connectivity index is 2.43. The molecule has 16 heavy (non-hydrogen) atoms. The highest BCUT2D eigenvalue weighted by molar-refractivity contribution is 5.21. The number of hydrogen-bond donors (Lipinski definition) is 1. The van der Waals surface area contributed by atoms with E-state index in [1.165, 1.54) is 30.1 Å². The molecule has 0 fully saturated rings. The first-order valence-corrected chi connectivity index (χ1v) is 6.61. The van der Waals surface area contributed by atoms with Crippen LogP contribution in [0.3, 0.4) is 0 Å². The van der Waals surface area contributed by atoms with Gasteiger partial charge in [0.15, 0.2) is 0 Å². The number of hydrogen-bond acceptors (Lipinski definition) is 2. The lowest BCUT2D eigenvalue weighted by atomic mass is 10.1. The SMILES string of the molecule is CCc1nc2c(n1C(CC)CC)CCNC2. The van der Waals surface area contributed by atoms with Crippen molar-refractivity contribution >= 4 is 0 Å².